The van der Waals surface area contributed by atoms with E-state index in [0.717, 1.165) is 23.4 Å². The van der Waals surface area contributed by atoms with Crippen molar-refractivity contribution in [2.45, 2.75) is 48.1 Å². The third kappa shape index (κ3) is 5.16. The lowest BCUT2D eigenvalue weighted by atomic mass is 10.1. The van der Waals surface area contributed by atoms with Crippen LogP contribution in [-0.4, -0.2) is 15.9 Å². The van der Waals surface area contributed by atoms with Crippen molar-refractivity contribution in [1.29, 1.82) is 0 Å². The SMILES string of the molecule is Cc1ccc(NC(=S)N/N=C/c2cc(C)n(CC(C)C)c2C)c(C)c1. The number of aromatic nitrogens is 1. The fraction of sp³-hybridized carbons (Fsp3) is 0.400. The summed E-state index contributed by atoms with van der Waals surface area (Å²) in [5.41, 5.74) is 9.87. The molecule has 2 N–H and O–H groups in total. The third-order valence-corrected chi connectivity index (χ3v) is 4.35. The highest BCUT2D eigenvalue weighted by atomic mass is 32.1. The first-order valence-electron chi connectivity index (χ1n) is 8.62. The molecule has 134 valence electrons. The van der Waals surface area contributed by atoms with Crippen LogP contribution in [0.25, 0.3) is 0 Å². The van der Waals surface area contributed by atoms with Crippen LogP contribution in [0.15, 0.2) is 29.4 Å². The summed E-state index contributed by atoms with van der Waals surface area (Å²) in [4.78, 5) is 0. The van der Waals surface area contributed by atoms with Gasteiger partial charge in [0.25, 0.3) is 0 Å². The first kappa shape index (κ1) is 19.2. The van der Waals surface area contributed by atoms with Crippen molar-refractivity contribution in [2.24, 2.45) is 11.0 Å². The van der Waals surface area contributed by atoms with Crippen LogP contribution in [0.2, 0.25) is 0 Å². The minimum absolute atomic E-state index is 0.485. The van der Waals surface area contributed by atoms with E-state index in [1.165, 1.54) is 17.0 Å². The molecule has 0 radical (unpaired) electrons. The molecule has 1 aromatic heterocycles. The maximum absolute atomic E-state index is 5.32. The summed E-state index contributed by atoms with van der Waals surface area (Å²) in [6.45, 7) is 13.9. The monoisotopic (exact) mass is 356 g/mol. The number of hydrogen-bond donors (Lipinski definition) is 2. The third-order valence-electron chi connectivity index (χ3n) is 4.16. The molecular formula is C20H28N4S. The molecule has 2 aromatic rings. The van der Waals surface area contributed by atoms with Crippen LogP contribution in [-0.2, 0) is 6.54 Å². The van der Waals surface area contributed by atoms with Crippen LogP contribution in [0, 0.1) is 33.6 Å². The minimum atomic E-state index is 0.485. The summed E-state index contributed by atoms with van der Waals surface area (Å²) in [5, 5.41) is 7.96. The molecule has 0 fully saturated rings. The number of aryl methyl sites for hydroxylation is 3. The van der Waals surface area contributed by atoms with E-state index in [1.54, 1.807) is 0 Å². The number of benzene rings is 1. The first-order valence-corrected chi connectivity index (χ1v) is 9.02. The Kier molecular flexibility index (Phi) is 6.37. The lowest BCUT2D eigenvalue weighted by Crippen LogP contribution is -2.24. The normalized spacial score (nSPS) is 11.3. The van der Waals surface area contributed by atoms with Crippen LogP contribution >= 0.6 is 12.2 Å². The summed E-state index contributed by atoms with van der Waals surface area (Å²) in [7, 11) is 0. The first-order chi connectivity index (χ1) is 11.8. The van der Waals surface area contributed by atoms with Crippen molar-refractivity contribution in [3.63, 3.8) is 0 Å². The molecule has 0 aliphatic heterocycles. The minimum Gasteiger partial charge on any atom is -0.348 e. The Morgan fingerprint density at radius 3 is 2.56 bits per heavy atom. The number of hydrogen-bond acceptors (Lipinski definition) is 2. The molecule has 2 rings (SSSR count). The molecule has 4 nitrogen and oxygen atoms in total. The van der Waals surface area contributed by atoms with Gasteiger partial charge in [0.05, 0.1) is 6.21 Å². The Morgan fingerprint density at radius 1 is 1.20 bits per heavy atom. The van der Waals surface area contributed by atoms with Crippen LogP contribution in [0.3, 0.4) is 0 Å². The Balaban J connectivity index is 2.00. The highest BCUT2D eigenvalue weighted by Gasteiger charge is 2.08. The van der Waals surface area contributed by atoms with Gasteiger partial charge in [0.2, 0.25) is 0 Å². The molecule has 0 bridgehead atoms. The molecule has 0 amide bonds. The highest BCUT2D eigenvalue weighted by molar-refractivity contribution is 7.80. The molecule has 0 saturated heterocycles. The Labute approximate surface area is 156 Å². The van der Waals surface area contributed by atoms with E-state index in [-0.39, 0.29) is 0 Å². The van der Waals surface area contributed by atoms with Crippen LogP contribution < -0.4 is 10.7 Å². The average molecular weight is 357 g/mol. The summed E-state index contributed by atoms with van der Waals surface area (Å²) in [6, 6.07) is 8.37. The second-order valence-electron chi connectivity index (χ2n) is 6.97. The van der Waals surface area contributed by atoms with Gasteiger partial charge in [-0.3, -0.25) is 5.43 Å². The van der Waals surface area contributed by atoms with Gasteiger partial charge >= 0.3 is 0 Å². The molecule has 25 heavy (non-hydrogen) atoms. The second-order valence-corrected chi connectivity index (χ2v) is 7.38. The average Bonchev–Trinajstić information content (AvgIpc) is 2.77. The zero-order chi connectivity index (χ0) is 18.6. The van der Waals surface area contributed by atoms with Crippen LogP contribution in [0.1, 0.15) is 41.9 Å². The van der Waals surface area contributed by atoms with Crippen molar-refractivity contribution in [2.75, 3.05) is 5.32 Å². The summed E-state index contributed by atoms with van der Waals surface area (Å²) in [5.74, 6) is 0.613. The number of thiocarbonyl (C=S) groups is 1. The van der Waals surface area contributed by atoms with E-state index >= 15 is 0 Å². The Bertz CT molecular complexity index is 787. The summed E-state index contributed by atoms with van der Waals surface area (Å²) in [6.07, 6.45) is 1.83. The summed E-state index contributed by atoms with van der Waals surface area (Å²) < 4.78 is 2.33. The van der Waals surface area contributed by atoms with E-state index < -0.39 is 0 Å². The van der Waals surface area contributed by atoms with Crippen molar-refractivity contribution < 1.29 is 0 Å². The largest absolute Gasteiger partial charge is 0.348 e. The number of nitrogens with zero attached hydrogens (tertiary/aromatic N) is 2. The van der Waals surface area contributed by atoms with Gasteiger partial charge in [-0.1, -0.05) is 31.5 Å². The second kappa shape index (κ2) is 8.30. The maximum atomic E-state index is 5.32. The molecule has 0 atom stereocenters. The number of rotatable bonds is 5. The van der Waals surface area contributed by atoms with E-state index in [0.29, 0.717) is 11.0 Å². The van der Waals surface area contributed by atoms with Crippen molar-refractivity contribution in [1.82, 2.24) is 9.99 Å². The van der Waals surface area contributed by atoms with E-state index in [4.69, 9.17) is 12.2 Å². The zero-order valence-corrected chi connectivity index (χ0v) is 16.8. The van der Waals surface area contributed by atoms with Gasteiger partial charge in [-0.15, -0.1) is 0 Å². The Hall–Kier alpha value is -2.14. The van der Waals surface area contributed by atoms with E-state index in [2.05, 4.69) is 80.2 Å². The maximum Gasteiger partial charge on any atom is 0.191 e. The van der Waals surface area contributed by atoms with Gasteiger partial charge in [0, 0.05) is 29.2 Å². The van der Waals surface area contributed by atoms with E-state index in [1.807, 2.05) is 12.3 Å². The topological polar surface area (TPSA) is 41.4 Å². The lowest BCUT2D eigenvalue weighted by molar-refractivity contribution is 0.509. The lowest BCUT2D eigenvalue weighted by Gasteiger charge is -2.12. The molecule has 0 aliphatic carbocycles. The van der Waals surface area contributed by atoms with Gasteiger partial charge in [-0.2, -0.15) is 5.10 Å². The zero-order valence-electron chi connectivity index (χ0n) is 16.0. The number of nitrogens with one attached hydrogen (secondary N) is 2. The predicted molar refractivity (Wildman–Crippen MR) is 112 cm³/mol. The van der Waals surface area contributed by atoms with Gasteiger partial charge in [0.15, 0.2) is 5.11 Å². The van der Waals surface area contributed by atoms with Gasteiger partial charge < -0.3 is 9.88 Å². The fourth-order valence-electron chi connectivity index (χ4n) is 2.87. The van der Waals surface area contributed by atoms with Gasteiger partial charge in [0.1, 0.15) is 0 Å². The summed E-state index contributed by atoms with van der Waals surface area (Å²) >= 11 is 5.32. The highest BCUT2D eigenvalue weighted by Crippen LogP contribution is 2.16. The van der Waals surface area contributed by atoms with Gasteiger partial charge in [-0.25, -0.2) is 0 Å². The molecule has 1 aromatic carbocycles. The molecule has 1 heterocycles. The molecule has 0 aliphatic rings. The Morgan fingerprint density at radius 2 is 1.92 bits per heavy atom. The standard InChI is InChI=1S/C20H28N4S/c1-13(2)12-24-16(5)10-18(17(24)6)11-21-23-20(25)22-19-8-7-14(3)9-15(19)4/h7-11,13H,12H2,1-6H3,(H2,22,23,25)/b21-11+. The van der Waals surface area contributed by atoms with Crippen LogP contribution in [0.5, 0.6) is 0 Å². The molecule has 0 unspecified atom stereocenters. The van der Waals surface area contributed by atoms with Crippen molar-refractivity contribution in [3.05, 3.63) is 52.3 Å². The smallest absolute Gasteiger partial charge is 0.191 e. The van der Waals surface area contributed by atoms with E-state index in [9.17, 15) is 0 Å². The number of hydrazone groups is 1. The molecule has 0 spiro atoms. The predicted octanol–water partition coefficient (Wildman–Crippen LogP) is 4.70. The van der Waals surface area contributed by atoms with Crippen molar-refractivity contribution >= 4 is 29.2 Å². The molecular weight excluding hydrogens is 328 g/mol. The quantitative estimate of drug-likeness (QED) is 0.463. The van der Waals surface area contributed by atoms with Crippen molar-refractivity contribution in [3.8, 4) is 0 Å². The number of anilines is 1. The van der Waals surface area contributed by atoms with Gasteiger partial charge in [-0.05, 0) is 63.5 Å². The fourth-order valence-corrected chi connectivity index (χ4v) is 3.03. The molecule has 0 saturated carbocycles. The van der Waals surface area contributed by atoms with Crippen LogP contribution in [0.4, 0.5) is 5.69 Å². The molecule has 5 heteroatoms.